The molecule has 3 fully saturated rings. The van der Waals surface area contributed by atoms with Gasteiger partial charge in [0.15, 0.2) is 0 Å². The normalized spacial score (nSPS) is 46.9. The number of carbonyl (C=O) groups is 1. The molecule has 3 heteroatoms. The van der Waals surface area contributed by atoms with Gasteiger partial charge >= 0.3 is 0 Å². The number of nitrogens with one attached hydrogen (secondary N) is 1. The van der Waals surface area contributed by atoms with Gasteiger partial charge in [-0.2, -0.15) is 5.26 Å². The van der Waals surface area contributed by atoms with Crippen molar-refractivity contribution in [3.63, 3.8) is 0 Å². The molecule has 0 saturated heterocycles. The average Bonchev–Trinajstić information content (AvgIpc) is 2.60. The molecule has 0 heterocycles. The van der Waals surface area contributed by atoms with E-state index in [-0.39, 0.29) is 12.3 Å². The van der Waals surface area contributed by atoms with E-state index in [9.17, 15) is 4.79 Å². The van der Waals surface area contributed by atoms with E-state index < -0.39 is 0 Å². The maximum absolute atomic E-state index is 11.2. The van der Waals surface area contributed by atoms with Gasteiger partial charge in [-0.25, -0.2) is 0 Å². The molecule has 4 atom stereocenters. The van der Waals surface area contributed by atoms with Gasteiger partial charge in [-0.3, -0.25) is 4.79 Å². The number of rotatable bonds is 2. The van der Waals surface area contributed by atoms with E-state index in [0.29, 0.717) is 6.04 Å². The van der Waals surface area contributed by atoms with Gasteiger partial charge in [0.1, 0.15) is 6.42 Å². The fraction of sp³-hybridized carbons (Fsp3) is 0.818. The molecule has 3 saturated carbocycles. The summed E-state index contributed by atoms with van der Waals surface area (Å²) in [6, 6.07) is 2.32. The lowest BCUT2D eigenvalue weighted by Gasteiger charge is -2.08. The molecule has 3 rings (SSSR count). The third kappa shape index (κ3) is 1.00. The maximum atomic E-state index is 11.2. The topological polar surface area (TPSA) is 52.9 Å². The summed E-state index contributed by atoms with van der Waals surface area (Å²) in [6.45, 7) is 0. The molecule has 14 heavy (non-hydrogen) atoms. The molecule has 1 N–H and O–H groups in total. The van der Waals surface area contributed by atoms with E-state index in [1.807, 2.05) is 6.07 Å². The Hall–Kier alpha value is -1.04. The van der Waals surface area contributed by atoms with Crippen molar-refractivity contribution in [2.45, 2.75) is 31.7 Å². The first kappa shape index (κ1) is 8.28. The van der Waals surface area contributed by atoms with Crippen LogP contribution in [0.25, 0.3) is 0 Å². The Morgan fingerprint density at radius 1 is 1.36 bits per heavy atom. The predicted octanol–water partition coefficient (Wildman–Crippen LogP) is 1.06. The van der Waals surface area contributed by atoms with E-state index in [2.05, 4.69) is 5.32 Å². The van der Waals surface area contributed by atoms with Crippen molar-refractivity contribution in [3.8, 4) is 6.07 Å². The monoisotopic (exact) mass is 190 g/mol. The van der Waals surface area contributed by atoms with E-state index in [0.717, 1.165) is 23.7 Å². The molecule has 1 amide bonds. The molecule has 74 valence electrons. The number of nitrogens with zero attached hydrogens (tertiary/aromatic N) is 1. The van der Waals surface area contributed by atoms with Crippen LogP contribution in [0.5, 0.6) is 0 Å². The van der Waals surface area contributed by atoms with Crippen molar-refractivity contribution in [2.24, 2.45) is 23.7 Å². The van der Waals surface area contributed by atoms with Gasteiger partial charge in [-0.15, -0.1) is 0 Å². The summed E-state index contributed by atoms with van der Waals surface area (Å²) in [4.78, 5) is 11.2. The second-order valence-electron chi connectivity index (χ2n) is 4.92. The Kier molecular flexibility index (Phi) is 1.61. The van der Waals surface area contributed by atoms with E-state index in [1.165, 1.54) is 19.3 Å². The summed E-state index contributed by atoms with van der Waals surface area (Å²) in [5, 5.41) is 11.4. The van der Waals surface area contributed by atoms with Gasteiger partial charge in [-0.1, -0.05) is 0 Å². The molecule has 3 aliphatic rings. The van der Waals surface area contributed by atoms with Gasteiger partial charge in [-0.05, 0) is 42.9 Å². The highest BCUT2D eigenvalue weighted by Crippen LogP contribution is 2.65. The first-order valence-electron chi connectivity index (χ1n) is 5.47. The van der Waals surface area contributed by atoms with E-state index in [4.69, 9.17) is 5.26 Å². The van der Waals surface area contributed by atoms with Crippen molar-refractivity contribution in [2.75, 3.05) is 0 Å². The maximum Gasteiger partial charge on any atom is 0.234 e. The van der Waals surface area contributed by atoms with Crippen LogP contribution in [0.4, 0.5) is 0 Å². The lowest BCUT2D eigenvalue weighted by Crippen LogP contribution is -2.29. The molecule has 4 unspecified atom stereocenters. The minimum Gasteiger partial charge on any atom is -0.352 e. The van der Waals surface area contributed by atoms with Crippen LogP contribution < -0.4 is 5.32 Å². The molecule has 0 radical (unpaired) electrons. The van der Waals surface area contributed by atoms with Gasteiger partial charge in [0, 0.05) is 6.04 Å². The van der Waals surface area contributed by atoms with Gasteiger partial charge in [0.05, 0.1) is 6.07 Å². The number of fused-ring (bicyclic) bond motifs is 5. The van der Waals surface area contributed by atoms with Gasteiger partial charge < -0.3 is 5.32 Å². The number of hydrogen-bond acceptors (Lipinski definition) is 2. The second-order valence-corrected chi connectivity index (χ2v) is 4.92. The molecule has 3 nitrogen and oxygen atoms in total. The lowest BCUT2D eigenvalue weighted by atomic mass is 10.0. The number of amides is 1. The summed E-state index contributed by atoms with van der Waals surface area (Å²) < 4.78 is 0. The Bertz CT molecular complexity index is 304. The Labute approximate surface area is 83.5 Å². The molecule has 3 aliphatic carbocycles. The second kappa shape index (κ2) is 2.73. The van der Waals surface area contributed by atoms with E-state index in [1.54, 1.807) is 0 Å². The Morgan fingerprint density at radius 3 is 2.57 bits per heavy atom. The zero-order chi connectivity index (χ0) is 9.71. The quantitative estimate of drug-likeness (QED) is 0.708. The van der Waals surface area contributed by atoms with Crippen LogP contribution in [-0.4, -0.2) is 11.9 Å². The summed E-state index contributed by atoms with van der Waals surface area (Å²) in [7, 11) is 0. The van der Waals surface area contributed by atoms with Crippen LogP contribution in [0, 0.1) is 35.0 Å². The van der Waals surface area contributed by atoms with Crippen molar-refractivity contribution < 1.29 is 4.79 Å². The molecule has 2 bridgehead atoms. The van der Waals surface area contributed by atoms with Crippen LogP contribution in [0.15, 0.2) is 0 Å². The molecule has 0 aliphatic heterocycles. The number of nitriles is 1. The molecular weight excluding hydrogens is 176 g/mol. The fourth-order valence-electron chi connectivity index (χ4n) is 3.83. The number of hydrogen-bond donors (Lipinski definition) is 1. The lowest BCUT2D eigenvalue weighted by molar-refractivity contribution is -0.120. The molecule has 0 spiro atoms. The molecule has 0 aromatic carbocycles. The van der Waals surface area contributed by atoms with Crippen molar-refractivity contribution in [1.29, 1.82) is 5.26 Å². The van der Waals surface area contributed by atoms with Crippen LogP contribution >= 0.6 is 0 Å². The molecule has 0 aromatic heterocycles. The first-order valence-corrected chi connectivity index (χ1v) is 5.47. The van der Waals surface area contributed by atoms with Crippen molar-refractivity contribution >= 4 is 5.91 Å². The van der Waals surface area contributed by atoms with Crippen LogP contribution in [0.3, 0.4) is 0 Å². The standard InChI is InChI=1S/C11H14N2O/c12-4-3-8(14)13-11-9-6-1-2-7(5-6)10(9)11/h6-7,9-11H,1-3,5H2,(H,13,14). The van der Waals surface area contributed by atoms with Crippen LogP contribution in [0.1, 0.15) is 25.7 Å². The summed E-state index contributed by atoms with van der Waals surface area (Å²) in [5.41, 5.74) is 0. The predicted molar refractivity (Wildman–Crippen MR) is 50.0 cm³/mol. The minimum absolute atomic E-state index is 0.0191. The van der Waals surface area contributed by atoms with Gasteiger partial charge in [0.25, 0.3) is 0 Å². The Morgan fingerprint density at radius 2 is 2.00 bits per heavy atom. The van der Waals surface area contributed by atoms with E-state index >= 15 is 0 Å². The first-order chi connectivity index (χ1) is 6.81. The third-order valence-corrected chi connectivity index (χ3v) is 4.30. The van der Waals surface area contributed by atoms with Gasteiger partial charge in [0.2, 0.25) is 5.91 Å². The van der Waals surface area contributed by atoms with Crippen LogP contribution in [-0.2, 0) is 4.79 Å². The third-order valence-electron chi connectivity index (χ3n) is 4.30. The van der Waals surface area contributed by atoms with Crippen LogP contribution in [0.2, 0.25) is 0 Å². The summed E-state index contributed by atoms with van der Waals surface area (Å²) in [5.74, 6) is 3.24. The highest BCUT2D eigenvalue weighted by atomic mass is 16.1. The summed E-state index contributed by atoms with van der Waals surface area (Å²) >= 11 is 0. The highest BCUT2D eigenvalue weighted by Gasteiger charge is 2.65. The van der Waals surface area contributed by atoms with Crippen molar-refractivity contribution in [1.82, 2.24) is 5.32 Å². The van der Waals surface area contributed by atoms with Crippen molar-refractivity contribution in [3.05, 3.63) is 0 Å². The zero-order valence-electron chi connectivity index (χ0n) is 8.07. The average molecular weight is 190 g/mol. The fourth-order valence-corrected chi connectivity index (χ4v) is 3.83. The highest BCUT2D eigenvalue weighted by molar-refractivity contribution is 5.78. The SMILES string of the molecule is N#CCC(=O)NC1C2C3CCC(C3)C12. The number of carbonyl (C=O) groups excluding carboxylic acids is 1. The smallest absolute Gasteiger partial charge is 0.234 e. The molecule has 0 aromatic rings. The summed E-state index contributed by atoms with van der Waals surface area (Å²) in [6.07, 6.45) is 4.16. The largest absolute Gasteiger partial charge is 0.352 e. The minimum atomic E-state index is -0.0775. The zero-order valence-corrected chi connectivity index (χ0v) is 8.07. The molecular formula is C11H14N2O. The Balaban J connectivity index is 1.59.